The number of amides is 1. The first-order valence-electron chi connectivity index (χ1n) is 19.0. The van der Waals surface area contributed by atoms with Crippen molar-refractivity contribution in [1.82, 2.24) is 25.0 Å². The third kappa shape index (κ3) is 7.53. The number of hydrogen-bond donors (Lipinski definition) is 3. The van der Waals surface area contributed by atoms with Crippen LogP contribution in [-0.2, 0) is 22.8 Å². The Hall–Kier alpha value is -6.98. The lowest BCUT2D eigenvalue weighted by Gasteiger charge is -2.33. The summed E-state index contributed by atoms with van der Waals surface area (Å²) in [5.41, 5.74) is -1.10. The number of rotatable bonds is 12. The number of thiocarbonyl (C=S) groups is 1. The monoisotopic (exact) mass is 870 g/mol. The van der Waals surface area contributed by atoms with Crippen molar-refractivity contribution in [2.45, 2.75) is 37.5 Å². The number of H-pyrrole nitrogens is 1. The van der Waals surface area contributed by atoms with Crippen molar-refractivity contribution in [2.24, 2.45) is 7.05 Å². The molecule has 8 rings (SSSR count). The molecule has 1 fully saturated rings. The van der Waals surface area contributed by atoms with Crippen LogP contribution in [0.1, 0.15) is 54.0 Å². The molecule has 14 nitrogen and oxygen atoms in total. The fraction of sp³-hybridized carbons (Fsp3) is 0.262. The lowest BCUT2D eigenvalue weighted by atomic mass is 9.83. The van der Waals surface area contributed by atoms with Crippen molar-refractivity contribution < 1.29 is 36.2 Å². The van der Waals surface area contributed by atoms with Gasteiger partial charge in [-0.2, -0.15) is 28.6 Å². The molecule has 3 N–H and O–H groups in total. The van der Waals surface area contributed by atoms with Crippen LogP contribution in [0.5, 0.6) is 5.75 Å². The van der Waals surface area contributed by atoms with Crippen molar-refractivity contribution in [2.75, 3.05) is 46.8 Å². The number of aromatic nitrogens is 5. The topological polar surface area (TPSA) is 166 Å². The first kappa shape index (κ1) is 41.7. The maximum Gasteiger partial charge on any atom is 0.417 e. The third-order valence-electron chi connectivity index (χ3n) is 10.7. The van der Waals surface area contributed by atoms with Crippen molar-refractivity contribution in [3.8, 4) is 11.8 Å². The first-order valence-corrected chi connectivity index (χ1v) is 19.5. The van der Waals surface area contributed by atoms with Crippen LogP contribution in [-0.4, -0.2) is 67.9 Å². The number of nitriles is 1. The van der Waals surface area contributed by atoms with Gasteiger partial charge in [0, 0.05) is 42.1 Å². The van der Waals surface area contributed by atoms with E-state index in [1.54, 1.807) is 11.7 Å². The number of nitrogens with one attached hydrogen (secondary N) is 3. The van der Waals surface area contributed by atoms with Crippen molar-refractivity contribution in [1.29, 1.82) is 5.26 Å². The summed E-state index contributed by atoms with van der Waals surface area (Å²) in [5.74, 6) is -1.94. The van der Waals surface area contributed by atoms with E-state index < -0.39 is 57.9 Å². The molecule has 1 saturated heterocycles. The van der Waals surface area contributed by atoms with Gasteiger partial charge in [-0.15, -0.1) is 0 Å². The Morgan fingerprint density at radius 3 is 2.44 bits per heavy atom. The number of carbonyl (C=O) groups is 1. The molecular weight excluding hydrogens is 836 g/mol. The van der Waals surface area contributed by atoms with Crippen LogP contribution < -0.4 is 30.7 Å². The predicted molar refractivity (Wildman–Crippen MR) is 222 cm³/mol. The fourth-order valence-corrected chi connectivity index (χ4v) is 8.29. The third-order valence-corrected chi connectivity index (χ3v) is 11.1. The second-order valence-electron chi connectivity index (χ2n) is 14.9. The van der Waals surface area contributed by atoms with Crippen molar-refractivity contribution >= 4 is 56.8 Å². The second-order valence-corrected chi connectivity index (χ2v) is 15.3. The summed E-state index contributed by atoms with van der Waals surface area (Å²) in [6, 6.07) is 18.0. The van der Waals surface area contributed by atoms with Crippen LogP contribution >= 0.6 is 12.2 Å². The van der Waals surface area contributed by atoms with E-state index in [1.807, 2.05) is 24.3 Å². The molecule has 2 aliphatic heterocycles. The van der Waals surface area contributed by atoms with Gasteiger partial charge in [-0.1, -0.05) is 12.1 Å². The number of anilines is 4. The van der Waals surface area contributed by atoms with E-state index in [9.17, 15) is 32.4 Å². The summed E-state index contributed by atoms with van der Waals surface area (Å²) in [7, 11) is 1.76. The summed E-state index contributed by atoms with van der Waals surface area (Å²) in [6.45, 7) is 3.88. The van der Waals surface area contributed by atoms with E-state index in [0.29, 0.717) is 35.2 Å². The average Bonchev–Trinajstić information content (AvgIpc) is 3.73. The largest absolute Gasteiger partial charge is 0.488 e. The van der Waals surface area contributed by atoms with Gasteiger partial charge in [0.15, 0.2) is 16.7 Å². The van der Waals surface area contributed by atoms with Gasteiger partial charge in [0.1, 0.15) is 30.1 Å². The molecule has 1 amide bonds. The minimum Gasteiger partial charge on any atom is -0.488 e. The summed E-state index contributed by atoms with van der Waals surface area (Å²) in [6.07, 6.45) is -3.42. The van der Waals surface area contributed by atoms with Crippen LogP contribution in [0.25, 0.3) is 10.8 Å². The standard InChI is InChI=1S/C42H35F5N10O4S/c1-41(2)39(59)56(26-9-6-23(20-48)29(18-26)42(45,46)47)40(62)57(41)27-10-11-32(30(44)19-27)61-15-14-60-13-12-49-25-7-4-22(5-8-25)35-34(37-50-21-51-55(37)3)36-33-28(38(58)54-53-36)16-24(43)17-31(33)52-35/h4-11,16-19,21,34-35,49,52H,12-15H2,1-3H3,(H,54,58)/t34-,35-/m1/s1. The Morgan fingerprint density at radius 2 is 1.74 bits per heavy atom. The molecule has 0 spiro atoms. The quantitative estimate of drug-likeness (QED) is 0.0660. The van der Waals surface area contributed by atoms with Crippen molar-refractivity contribution in [3.63, 3.8) is 0 Å². The summed E-state index contributed by atoms with van der Waals surface area (Å²) in [4.78, 5) is 32.9. The Balaban J connectivity index is 0.853. The number of ether oxygens (including phenoxy) is 2. The summed E-state index contributed by atoms with van der Waals surface area (Å²) in [5, 5.41) is 27.5. The van der Waals surface area contributed by atoms with Gasteiger partial charge in [-0.3, -0.25) is 19.2 Å². The molecule has 2 aromatic heterocycles. The number of aryl methyl sites for hydroxylation is 1. The molecule has 2 atom stereocenters. The zero-order valence-corrected chi connectivity index (χ0v) is 33.9. The first-order chi connectivity index (χ1) is 29.6. The van der Waals surface area contributed by atoms with Gasteiger partial charge in [0.2, 0.25) is 0 Å². The van der Waals surface area contributed by atoms with E-state index >= 15 is 4.39 Å². The minimum atomic E-state index is -4.85. The number of alkyl halides is 3. The SMILES string of the molecule is Cn1ncnc1[C@H]1c2n[nH]c(=O)c3cc(F)cc(c23)N[C@@H]1c1ccc(NCCOCCOc2ccc(N3C(=S)N(c4ccc(C#N)c(C(F)(F)F)c4)C(=O)C3(C)C)cc2F)cc1. The van der Waals surface area contributed by atoms with Gasteiger partial charge in [0.25, 0.3) is 11.5 Å². The normalized spacial score (nSPS) is 17.0. The van der Waals surface area contributed by atoms with Gasteiger partial charge < -0.3 is 25.0 Å². The van der Waals surface area contributed by atoms with Crippen LogP contribution in [0.4, 0.5) is 44.7 Å². The lowest BCUT2D eigenvalue weighted by molar-refractivity contribution is -0.137. The molecule has 0 unspecified atom stereocenters. The number of hydrogen-bond acceptors (Lipinski definition) is 11. The number of carbonyl (C=O) groups excluding carboxylic acids is 1. The van der Waals surface area contributed by atoms with Crippen LogP contribution in [0.3, 0.4) is 0 Å². The number of benzene rings is 4. The fourth-order valence-electron chi connectivity index (χ4n) is 7.76. The van der Waals surface area contributed by atoms with E-state index in [1.165, 1.54) is 61.5 Å². The molecule has 4 aromatic carbocycles. The Kier molecular flexibility index (Phi) is 10.9. The zero-order valence-electron chi connectivity index (χ0n) is 33.1. The molecule has 0 radical (unpaired) electrons. The van der Waals surface area contributed by atoms with Crippen molar-refractivity contribution in [3.05, 3.63) is 129 Å². The molecule has 6 aromatic rings. The maximum absolute atomic E-state index is 15.3. The Morgan fingerprint density at radius 1 is 0.984 bits per heavy atom. The highest BCUT2D eigenvalue weighted by Gasteiger charge is 2.51. The highest BCUT2D eigenvalue weighted by Crippen LogP contribution is 2.46. The predicted octanol–water partition coefficient (Wildman–Crippen LogP) is 6.94. The summed E-state index contributed by atoms with van der Waals surface area (Å²) < 4.78 is 84.0. The summed E-state index contributed by atoms with van der Waals surface area (Å²) >= 11 is 5.54. The van der Waals surface area contributed by atoms with E-state index in [0.717, 1.165) is 28.3 Å². The molecule has 2 aliphatic rings. The molecule has 62 heavy (non-hydrogen) atoms. The molecule has 0 saturated carbocycles. The number of halogens is 5. The van der Waals surface area contributed by atoms with Gasteiger partial charge >= 0.3 is 6.18 Å². The zero-order chi connectivity index (χ0) is 44.1. The van der Waals surface area contributed by atoms with Crippen LogP contribution in [0.2, 0.25) is 0 Å². The van der Waals surface area contributed by atoms with Crippen LogP contribution in [0, 0.1) is 23.0 Å². The second kappa shape index (κ2) is 16.1. The smallest absolute Gasteiger partial charge is 0.417 e. The van der Waals surface area contributed by atoms with E-state index in [4.69, 9.17) is 21.7 Å². The van der Waals surface area contributed by atoms with Crippen LogP contribution in [0.15, 0.2) is 83.9 Å². The van der Waals surface area contributed by atoms with E-state index in [-0.39, 0.29) is 47.4 Å². The Bertz CT molecular complexity index is 2840. The number of aromatic amines is 1. The Labute approximate surface area is 354 Å². The van der Waals surface area contributed by atoms with Gasteiger partial charge in [-0.25, -0.2) is 18.9 Å². The molecule has 0 bridgehead atoms. The molecule has 4 heterocycles. The van der Waals surface area contributed by atoms with Gasteiger partial charge in [-0.05, 0) is 86.2 Å². The maximum atomic E-state index is 15.3. The molecule has 0 aliphatic carbocycles. The molecular formula is C42H35F5N10O4S. The average molecular weight is 871 g/mol. The number of nitrogens with zero attached hydrogens (tertiary/aromatic N) is 7. The highest BCUT2D eigenvalue weighted by atomic mass is 32.1. The highest BCUT2D eigenvalue weighted by molar-refractivity contribution is 7.81. The minimum absolute atomic E-state index is 0.00957. The van der Waals surface area contributed by atoms with E-state index in [2.05, 4.69) is 30.9 Å². The molecule has 20 heteroatoms. The molecule has 318 valence electrons. The van der Waals surface area contributed by atoms with Gasteiger partial charge in [0.05, 0.1) is 59.1 Å². The lowest BCUT2D eigenvalue weighted by Crippen LogP contribution is -2.44.